The lowest BCUT2D eigenvalue weighted by molar-refractivity contribution is 0.104. The van der Waals surface area contributed by atoms with Crippen LogP contribution in [0.1, 0.15) is 10.4 Å². The van der Waals surface area contributed by atoms with E-state index in [9.17, 15) is 4.79 Å². The number of ketones is 1. The van der Waals surface area contributed by atoms with Gasteiger partial charge in [0.05, 0.1) is 24.9 Å². The maximum absolute atomic E-state index is 12.2. The molecule has 120 valence electrons. The summed E-state index contributed by atoms with van der Waals surface area (Å²) < 4.78 is 11.2. The van der Waals surface area contributed by atoms with Gasteiger partial charge in [0.2, 0.25) is 0 Å². The molecule has 0 amide bonds. The Morgan fingerprint density at radius 1 is 1.13 bits per heavy atom. The first-order valence-corrected chi connectivity index (χ1v) is 7.86. The predicted octanol–water partition coefficient (Wildman–Crippen LogP) is 4.93. The molecule has 0 aliphatic rings. The second kappa shape index (κ2) is 8.04. The third-order valence-electron chi connectivity index (χ3n) is 3.07. The summed E-state index contributed by atoms with van der Waals surface area (Å²) in [5.74, 6) is 0.926. The van der Waals surface area contributed by atoms with Crippen LogP contribution in [-0.2, 0) is 0 Å². The van der Waals surface area contributed by atoms with E-state index in [4.69, 9.17) is 21.1 Å². The molecule has 0 unspecified atom stereocenters. The van der Waals surface area contributed by atoms with Crippen LogP contribution >= 0.6 is 27.5 Å². The molecule has 2 rings (SSSR count). The minimum Gasteiger partial charge on any atom is -0.493 e. The van der Waals surface area contributed by atoms with Gasteiger partial charge >= 0.3 is 0 Å². The highest BCUT2D eigenvalue weighted by Crippen LogP contribution is 2.28. The predicted molar refractivity (Wildman–Crippen MR) is 95.8 cm³/mol. The summed E-state index contributed by atoms with van der Waals surface area (Å²) >= 11 is 9.43. The maximum atomic E-state index is 12.2. The molecule has 0 saturated heterocycles. The number of anilines is 1. The SMILES string of the molecule is COc1ccc(C(=O)C=CNc2ccc(Br)cc2Cl)cc1OC. The number of ether oxygens (including phenoxy) is 2. The van der Waals surface area contributed by atoms with Crippen LogP contribution < -0.4 is 14.8 Å². The first-order chi connectivity index (χ1) is 11.0. The van der Waals surface area contributed by atoms with Crippen molar-refractivity contribution >= 4 is 39.0 Å². The van der Waals surface area contributed by atoms with Crippen molar-refractivity contribution in [3.63, 3.8) is 0 Å². The van der Waals surface area contributed by atoms with Crippen molar-refractivity contribution in [2.24, 2.45) is 0 Å². The van der Waals surface area contributed by atoms with Gasteiger partial charge in [-0.1, -0.05) is 27.5 Å². The maximum Gasteiger partial charge on any atom is 0.187 e. The van der Waals surface area contributed by atoms with Crippen molar-refractivity contribution in [3.8, 4) is 11.5 Å². The fourth-order valence-corrected chi connectivity index (χ4v) is 2.63. The lowest BCUT2D eigenvalue weighted by Crippen LogP contribution is -1.99. The van der Waals surface area contributed by atoms with E-state index in [1.165, 1.54) is 13.2 Å². The van der Waals surface area contributed by atoms with Crippen LogP contribution in [-0.4, -0.2) is 20.0 Å². The smallest absolute Gasteiger partial charge is 0.187 e. The number of nitrogens with one attached hydrogen (secondary N) is 1. The zero-order valence-electron chi connectivity index (χ0n) is 12.6. The van der Waals surface area contributed by atoms with Crippen molar-refractivity contribution in [2.75, 3.05) is 19.5 Å². The zero-order valence-corrected chi connectivity index (χ0v) is 14.9. The average molecular weight is 397 g/mol. The van der Waals surface area contributed by atoms with Gasteiger partial charge in [-0.25, -0.2) is 0 Å². The summed E-state index contributed by atoms with van der Waals surface area (Å²) in [5, 5.41) is 3.54. The Morgan fingerprint density at radius 3 is 2.52 bits per heavy atom. The largest absolute Gasteiger partial charge is 0.493 e. The van der Waals surface area contributed by atoms with E-state index in [0.29, 0.717) is 27.8 Å². The molecule has 0 bridgehead atoms. The Bertz CT molecular complexity index is 747. The number of rotatable bonds is 6. The Labute approximate surface area is 148 Å². The molecule has 0 aliphatic heterocycles. The molecule has 2 aromatic carbocycles. The number of hydrogen-bond acceptors (Lipinski definition) is 4. The Kier molecular flexibility index (Phi) is 6.07. The van der Waals surface area contributed by atoms with Gasteiger partial charge in [-0.15, -0.1) is 0 Å². The Balaban J connectivity index is 2.09. The number of benzene rings is 2. The molecule has 0 aliphatic carbocycles. The fourth-order valence-electron chi connectivity index (χ4n) is 1.90. The van der Waals surface area contributed by atoms with E-state index in [-0.39, 0.29) is 5.78 Å². The van der Waals surface area contributed by atoms with Crippen LogP contribution in [0.3, 0.4) is 0 Å². The van der Waals surface area contributed by atoms with Crippen LogP contribution in [0.5, 0.6) is 11.5 Å². The van der Waals surface area contributed by atoms with Crippen LogP contribution in [0.15, 0.2) is 53.1 Å². The second-order valence-electron chi connectivity index (χ2n) is 4.54. The van der Waals surface area contributed by atoms with Gasteiger partial charge in [0.1, 0.15) is 0 Å². The minimum atomic E-state index is -0.160. The molecular formula is C17H15BrClNO3. The normalized spacial score (nSPS) is 10.6. The van der Waals surface area contributed by atoms with E-state index >= 15 is 0 Å². The molecule has 0 atom stereocenters. The number of allylic oxidation sites excluding steroid dienone is 1. The van der Waals surface area contributed by atoms with Crippen molar-refractivity contribution < 1.29 is 14.3 Å². The first kappa shape index (κ1) is 17.4. The molecule has 0 radical (unpaired) electrons. The number of hydrogen-bond donors (Lipinski definition) is 1. The summed E-state index contributed by atoms with van der Waals surface area (Å²) in [6.07, 6.45) is 2.98. The Morgan fingerprint density at radius 2 is 1.87 bits per heavy atom. The van der Waals surface area contributed by atoms with Crippen molar-refractivity contribution in [1.82, 2.24) is 0 Å². The molecule has 23 heavy (non-hydrogen) atoms. The van der Waals surface area contributed by atoms with Gasteiger partial charge in [0, 0.05) is 22.3 Å². The van der Waals surface area contributed by atoms with Crippen LogP contribution in [0.2, 0.25) is 5.02 Å². The van der Waals surface area contributed by atoms with Crippen LogP contribution in [0, 0.1) is 0 Å². The summed E-state index contributed by atoms with van der Waals surface area (Å²) in [6.45, 7) is 0. The minimum absolute atomic E-state index is 0.160. The van der Waals surface area contributed by atoms with Crippen molar-refractivity contribution in [1.29, 1.82) is 0 Å². The van der Waals surface area contributed by atoms with E-state index in [1.807, 2.05) is 12.1 Å². The molecule has 0 aromatic heterocycles. The monoisotopic (exact) mass is 395 g/mol. The van der Waals surface area contributed by atoms with Gasteiger partial charge in [0.25, 0.3) is 0 Å². The lowest BCUT2D eigenvalue weighted by atomic mass is 10.1. The van der Waals surface area contributed by atoms with Gasteiger partial charge in [-0.2, -0.15) is 0 Å². The zero-order chi connectivity index (χ0) is 16.8. The van der Waals surface area contributed by atoms with Gasteiger partial charge < -0.3 is 14.8 Å². The van der Waals surface area contributed by atoms with Crippen molar-refractivity contribution in [2.45, 2.75) is 0 Å². The summed E-state index contributed by atoms with van der Waals surface area (Å²) in [5.41, 5.74) is 1.22. The van der Waals surface area contributed by atoms with Gasteiger partial charge in [0.15, 0.2) is 17.3 Å². The topological polar surface area (TPSA) is 47.6 Å². The molecular weight excluding hydrogens is 382 g/mol. The molecule has 2 aromatic rings. The molecule has 0 saturated carbocycles. The molecule has 0 fully saturated rings. The second-order valence-corrected chi connectivity index (χ2v) is 5.86. The number of carbonyl (C=O) groups is 1. The molecule has 1 N–H and O–H groups in total. The average Bonchev–Trinajstić information content (AvgIpc) is 2.56. The highest BCUT2D eigenvalue weighted by Gasteiger charge is 2.08. The number of methoxy groups -OCH3 is 2. The third kappa shape index (κ3) is 4.50. The van der Waals surface area contributed by atoms with Gasteiger partial charge in [-0.3, -0.25) is 4.79 Å². The van der Waals surface area contributed by atoms with Crippen LogP contribution in [0.4, 0.5) is 5.69 Å². The fraction of sp³-hybridized carbons (Fsp3) is 0.118. The molecule has 0 spiro atoms. The molecule has 6 heteroatoms. The quantitative estimate of drug-likeness (QED) is 0.555. The highest BCUT2D eigenvalue weighted by molar-refractivity contribution is 9.10. The van der Waals surface area contributed by atoms with Gasteiger partial charge in [-0.05, 0) is 36.4 Å². The first-order valence-electron chi connectivity index (χ1n) is 6.69. The van der Waals surface area contributed by atoms with Crippen LogP contribution in [0.25, 0.3) is 0 Å². The summed E-state index contributed by atoms with van der Waals surface area (Å²) in [4.78, 5) is 12.2. The third-order valence-corrected chi connectivity index (χ3v) is 3.88. The standard InChI is InChI=1S/C17H15BrClNO3/c1-22-16-6-3-11(9-17(16)23-2)15(21)7-8-20-14-5-4-12(18)10-13(14)19/h3-10,20H,1-2H3. The molecule has 4 nitrogen and oxygen atoms in total. The Hall–Kier alpha value is -1.98. The number of carbonyl (C=O) groups excluding carboxylic acids is 1. The van der Waals surface area contributed by atoms with E-state index in [1.54, 1.807) is 37.6 Å². The summed E-state index contributed by atoms with van der Waals surface area (Å²) in [7, 11) is 3.07. The highest BCUT2D eigenvalue weighted by atomic mass is 79.9. The van der Waals surface area contributed by atoms with Crippen molar-refractivity contribution in [3.05, 3.63) is 63.7 Å². The summed E-state index contributed by atoms with van der Waals surface area (Å²) in [6, 6.07) is 10.5. The van der Waals surface area contributed by atoms with E-state index < -0.39 is 0 Å². The molecule has 0 heterocycles. The number of halogens is 2. The lowest BCUT2D eigenvalue weighted by Gasteiger charge is -2.08. The van der Waals surface area contributed by atoms with E-state index in [2.05, 4.69) is 21.2 Å². The van der Waals surface area contributed by atoms with E-state index in [0.717, 1.165) is 4.47 Å².